The van der Waals surface area contributed by atoms with Crippen molar-refractivity contribution in [3.8, 4) is 0 Å². The molecule has 12 nitrogen and oxygen atoms in total. The molecule has 2 saturated heterocycles. The second-order valence-corrected chi connectivity index (χ2v) is 8.85. The summed E-state index contributed by atoms with van der Waals surface area (Å²) in [7, 11) is 3.27. The molecule has 3 fully saturated rings. The van der Waals surface area contributed by atoms with Crippen LogP contribution in [-0.2, 0) is 20.8 Å². The number of nitrogens with zero attached hydrogens (tertiary/aromatic N) is 2. The lowest BCUT2D eigenvalue weighted by Gasteiger charge is -2.60. The summed E-state index contributed by atoms with van der Waals surface area (Å²) in [5, 5.41) is 53.7. The van der Waals surface area contributed by atoms with Gasteiger partial charge >= 0.3 is 0 Å². The first-order chi connectivity index (χ1) is 15.2. The molecule has 3 heterocycles. The maximum Gasteiger partial charge on any atom is 0.249 e. The van der Waals surface area contributed by atoms with Gasteiger partial charge in [-0.25, -0.2) is 9.97 Å². The maximum atomic E-state index is 11.6. The monoisotopic (exact) mass is 455 g/mol. The second kappa shape index (κ2) is 9.14. The van der Waals surface area contributed by atoms with E-state index in [0.29, 0.717) is 6.54 Å². The number of ether oxygens (including phenoxy) is 3. The molecule has 0 amide bonds. The van der Waals surface area contributed by atoms with Crippen molar-refractivity contribution in [2.24, 2.45) is 0 Å². The summed E-state index contributed by atoms with van der Waals surface area (Å²) in [5.74, 6) is -2.23. The standard InChI is InChI=1S/C20H33N5O7/c1-10-4-19(28,8-23-5-11-6-24-9-25-7-11)20(29)18(30-10)31-17-15(27)12(21-2)14(26)13(22-3)16(17)32-20/h6-7,9-10,12-18,21-23,26-29H,4-5,8H2,1-3H3. The molecule has 0 aromatic carbocycles. The van der Waals surface area contributed by atoms with Crippen LogP contribution in [0.1, 0.15) is 18.9 Å². The molecule has 12 heteroatoms. The molecule has 10 unspecified atom stereocenters. The van der Waals surface area contributed by atoms with Crippen LogP contribution in [0.15, 0.2) is 18.7 Å². The van der Waals surface area contributed by atoms with Gasteiger partial charge in [-0.15, -0.1) is 0 Å². The number of hydrogen-bond donors (Lipinski definition) is 7. The molecule has 0 bridgehead atoms. The lowest BCUT2D eigenvalue weighted by atomic mass is 9.77. The van der Waals surface area contributed by atoms with E-state index in [-0.39, 0.29) is 13.0 Å². The predicted molar refractivity (Wildman–Crippen MR) is 110 cm³/mol. The van der Waals surface area contributed by atoms with Gasteiger partial charge in [0.2, 0.25) is 12.1 Å². The third-order valence-electron chi connectivity index (χ3n) is 6.71. The second-order valence-electron chi connectivity index (χ2n) is 8.85. The molecule has 7 N–H and O–H groups in total. The average molecular weight is 456 g/mol. The first-order valence-electron chi connectivity index (χ1n) is 10.8. The van der Waals surface area contributed by atoms with Gasteiger partial charge in [0, 0.05) is 37.5 Å². The summed E-state index contributed by atoms with van der Waals surface area (Å²) in [6.07, 6.45) is -0.968. The summed E-state index contributed by atoms with van der Waals surface area (Å²) in [5.41, 5.74) is -0.961. The highest BCUT2D eigenvalue weighted by atomic mass is 16.8. The van der Waals surface area contributed by atoms with E-state index >= 15 is 0 Å². The molecule has 1 aliphatic carbocycles. The number of aromatic nitrogens is 2. The lowest BCUT2D eigenvalue weighted by molar-refractivity contribution is -0.482. The number of likely N-dealkylation sites (N-methyl/N-ethyl adjacent to an activating group) is 2. The van der Waals surface area contributed by atoms with Crippen LogP contribution in [0.5, 0.6) is 0 Å². The van der Waals surface area contributed by atoms with Crippen molar-refractivity contribution in [1.82, 2.24) is 25.9 Å². The Morgan fingerprint density at radius 2 is 1.72 bits per heavy atom. The van der Waals surface area contributed by atoms with Crippen LogP contribution < -0.4 is 16.0 Å². The van der Waals surface area contributed by atoms with Crippen molar-refractivity contribution in [1.29, 1.82) is 0 Å². The van der Waals surface area contributed by atoms with Gasteiger partial charge in [-0.1, -0.05) is 0 Å². The first-order valence-corrected chi connectivity index (χ1v) is 10.8. The fraction of sp³-hybridized carbons (Fsp3) is 0.800. The van der Waals surface area contributed by atoms with E-state index in [4.69, 9.17) is 14.2 Å². The SMILES string of the molecule is CNC1C(O)C(NC)C2OC3(O)C(OC(C)CC3(O)CNCc3cncnc3)OC2C1O. The van der Waals surface area contributed by atoms with Crippen LogP contribution in [0.25, 0.3) is 0 Å². The molecule has 0 spiro atoms. The molecule has 2 aliphatic heterocycles. The van der Waals surface area contributed by atoms with Crippen LogP contribution in [0, 0.1) is 0 Å². The van der Waals surface area contributed by atoms with Gasteiger partial charge in [-0.05, 0) is 21.0 Å². The van der Waals surface area contributed by atoms with Gasteiger partial charge in [0.05, 0.1) is 24.3 Å². The molecule has 1 aromatic rings. The first kappa shape index (κ1) is 23.8. The van der Waals surface area contributed by atoms with Gasteiger partial charge < -0.3 is 50.6 Å². The molecule has 4 rings (SSSR count). The largest absolute Gasteiger partial charge is 0.390 e. The van der Waals surface area contributed by atoms with Gasteiger partial charge in [0.25, 0.3) is 0 Å². The summed E-state index contributed by atoms with van der Waals surface area (Å²) in [4.78, 5) is 7.92. The zero-order valence-electron chi connectivity index (χ0n) is 18.4. The third-order valence-corrected chi connectivity index (χ3v) is 6.71. The van der Waals surface area contributed by atoms with Crippen LogP contribution in [-0.4, -0.2) is 111 Å². The summed E-state index contributed by atoms with van der Waals surface area (Å²) in [6, 6.07) is -1.36. The van der Waals surface area contributed by atoms with E-state index in [9.17, 15) is 20.4 Å². The number of nitrogens with one attached hydrogen (secondary N) is 3. The van der Waals surface area contributed by atoms with E-state index in [1.54, 1.807) is 33.4 Å². The topological polar surface area (TPSA) is 170 Å². The average Bonchev–Trinajstić information content (AvgIpc) is 2.75. The molecule has 1 saturated carbocycles. The fourth-order valence-corrected chi connectivity index (χ4v) is 5.06. The highest BCUT2D eigenvalue weighted by molar-refractivity contribution is 5.12. The van der Waals surface area contributed by atoms with Crippen LogP contribution in [0.3, 0.4) is 0 Å². The van der Waals surface area contributed by atoms with Gasteiger partial charge in [-0.2, -0.15) is 0 Å². The molecule has 10 atom stereocenters. The Bertz CT molecular complexity index is 778. The molecule has 0 radical (unpaired) electrons. The molecule has 180 valence electrons. The summed E-state index contributed by atoms with van der Waals surface area (Å²) < 4.78 is 17.9. The van der Waals surface area contributed by atoms with Crippen molar-refractivity contribution < 1.29 is 34.6 Å². The van der Waals surface area contributed by atoms with Gasteiger partial charge in [0.1, 0.15) is 30.2 Å². The Morgan fingerprint density at radius 3 is 2.38 bits per heavy atom. The number of aliphatic hydroxyl groups is 4. The lowest BCUT2D eigenvalue weighted by Crippen LogP contribution is -2.81. The highest BCUT2D eigenvalue weighted by Gasteiger charge is 2.68. The number of fused-ring (bicyclic) bond motifs is 2. The van der Waals surface area contributed by atoms with Crippen molar-refractivity contribution in [2.75, 3.05) is 20.6 Å². The smallest absolute Gasteiger partial charge is 0.249 e. The third kappa shape index (κ3) is 3.94. The molecule has 32 heavy (non-hydrogen) atoms. The minimum Gasteiger partial charge on any atom is -0.390 e. The highest BCUT2D eigenvalue weighted by Crippen LogP contribution is 2.46. The number of rotatable bonds is 6. The Morgan fingerprint density at radius 1 is 1.03 bits per heavy atom. The number of hydrogen-bond acceptors (Lipinski definition) is 12. The summed E-state index contributed by atoms with van der Waals surface area (Å²) in [6.45, 7) is 2.10. The zero-order valence-corrected chi connectivity index (χ0v) is 18.4. The normalized spacial score (nSPS) is 46.3. The predicted octanol–water partition coefficient (Wildman–Crippen LogP) is -3.18. The van der Waals surface area contributed by atoms with Crippen molar-refractivity contribution in [3.63, 3.8) is 0 Å². The van der Waals surface area contributed by atoms with E-state index in [1.165, 1.54) is 6.33 Å². The van der Waals surface area contributed by atoms with E-state index < -0.39 is 60.3 Å². The Balaban J connectivity index is 1.57. The summed E-state index contributed by atoms with van der Waals surface area (Å²) >= 11 is 0. The van der Waals surface area contributed by atoms with Gasteiger partial charge in [0.15, 0.2) is 0 Å². The minimum absolute atomic E-state index is 0.0300. The molecular weight excluding hydrogens is 422 g/mol. The van der Waals surface area contributed by atoms with Crippen molar-refractivity contribution >= 4 is 0 Å². The van der Waals surface area contributed by atoms with Crippen LogP contribution in [0.2, 0.25) is 0 Å². The number of aliphatic hydroxyl groups excluding tert-OH is 2. The molecular formula is C20H33N5O7. The van der Waals surface area contributed by atoms with Crippen LogP contribution >= 0.6 is 0 Å². The molecule has 1 aromatic heterocycles. The minimum atomic E-state index is -2.23. The van der Waals surface area contributed by atoms with E-state index in [2.05, 4.69) is 25.9 Å². The van der Waals surface area contributed by atoms with Crippen molar-refractivity contribution in [2.45, 2.75) is 80.2 Å². The van der Waals surface area contributed by atoms with E-state index in [0.717, 1.165) is 5.56 Å². The Labute approximate surface area is 186 Å². The molecule has 3 aliphatic rings. The zero-order chi connectivity index (χ0) is 23.1. The quantitative estimate of drug-likeness (QED) is 0.230. The van der Waals surface area contributed by atoms with Crippen molar-refractivity contribution in [3.05, 3.63) is 24.3 Å². The van der Waals surface area contributed by atoms with E-state index in [1.807, 2.05) is 0 Å². The Kier molecular flexibility index (Phi) is 6.81. The van der Waals surface area contributed by atoms with Gasteiger partial charge in [-0.3, -0.25) is 0 Å². The van der Waals surface area contributed by atoms with Crippen LogP contribution in [0.4, 0.5) is 0 Å². The fourth-order valence-electron chi connectivity index (χ4n) is 5.06. The maximum absolute atomic E-state index is 11.6. The Hall–Kier alpha value is -1.32.